The Morgan fingerprint density at radius 2 is 1.82 bits per heavy atom. The molecule has 0 aromatic rings. The van der Waals surface area contributed by atoms with E-state index in [0.717, 1.165) is 12.8 Å². The normalized spacial score (nSPS) is 8.82. The second-order valence-electron chi connectivity index (χ2n) is 2.56. The summed E-state index contributed by atoms with van der Waals surface area (Å²) in [4.78, 5) is 10.0. The Balaban J connectivity index is -0.000000405. The molecule has 0 aliphatic carbocycles. The van der Waals surface area contributed by atoms with E-state index in [2.05, 4.69) is 6.92 Å². The van der Waals surface area contributed by atoms with Crippen LogP contribution in [-0.2, 0) is 4.79 Å². The van der Waals surface area contributed by atoms with Crippen LogP contribution >= 0.6 is 0 Å². The Labute approximate surface area is 82.0 Å². The van der Waals surface area contributed by atoms with Crippen molar-refractivity contribution < 1.29 is 30.2 Å². The molecule has 0 spiro atoms. The summed E-state index contributed by atoms with van der Waals surface area (Å²) < 4.78 is 0. The zero-order valence-electron chi connectivity index (χ0n) is 8.60. The average Bonchev–Trinajstić information content (AvgIpc) is 1.87. The van der Waals surface area contributed by atoms with E-state index < -0.39 is 5.97 Å². The van der Waals surface area contributed by atoms with E-state index in [4.69, 9.17) is 5.11 Å². The molecule has 0 aliphatic heterocycles. The summed E-state index contributed by atoms with van der Waals surface area (Å²) >= 11 is 0. The third kappa shape index (κ3) is 13.1. The molecule has 3 heteroatoms. The topological polar surface area (TPSA) is 37.3 Å². The SMILES string of the molecule is CCCCCCCC(=O)O.[H-].[Li+]. The van der Waals surface area contributed by atoms with Gasteiger partial charge in [0.2, 0.25) is 0 Å². The van der Waals surface area contributed by atoms with Crippen LogP contribution in [0.5, 0.6) is 0 Å². The van der Waals surface area contributed by atoms with Crippen LogP contribution in [0, 0.1) is 0 Å². The molecule has 0 aliphatic rings. The number of hydrogen-bond acceptors (Lipinski definition) is 1. The largest absolute Gasteiger partial charge is 1.00 e. The quantitative estimate of drug-likeness (QED) is 0.413. The monoisotopic (exact) mass is 152 g/mol. The van der Waals surface area contributed by atoms with Crippen LogP contribution in [0.15, 0.2) is 0 Å². The zero-order valence-corrected chi connectivity index (χ0v) is 7.60. The number of hydrogen-bond donors (Lipinski definition) is 1. The van der Waals surface area contributed by atoms with Crippen molar-refractivity contribution in [3.05, 3.63) is 0 Å². The summed E-state index contributed by atoms with van der Waals surface area (Å²) in [5.41, 5.74) is 0. The van der Waals surface area contributed by atoms with Gasteiger partial charge in [-0.25, -0.2) is 0 Å². The summed E-state index contributed by atoms with van der Waals surface area (Å²) in [7, 11) is 0. The van der Waals surface area contributed by atoms with Crippen LogP contribution in [0.25, 0.3) is 0 Å². The van der Waals surface area contributed by atoms with Gasteiger partial charge in [0.05, 0.1) is 0 Å². The average molecular weight is 152 g/mol. The minimum Gasteiger partial charge on any atom is -1.00 e. The van der Waals surface area contributed by atoms with Gasteiger partial charge in [0, 0.05) is 6.42 Å². The summed E-state index contributed by atoms with van der Waals surface area (Å²) in [5.74, 6) is -0.670. The third-order valence-corrected chi connectivity index (χ3v) is 1.49. The van der Waals surface area contributed by atoms with E-state index in [0.29, 0.717) is 6.42 Å². The van der Waals surface area contributed by atoms with Crippen molar-refractivity contribution in [2.45, 2.75) is 45.4 Å². The van der Waals surface area contributed by atoms with E-state index in [1.807, 2.05) is 0 Å². The number of carbonyl (C=O) groups is 1. The molecule has 0 radical (unpaired) electrons. The first-order valence-corrected chi connectivity index (χ1v) is 3.99. The Kier molecular flexibility index (Phi) is 12.5. The van der Waals surface area contributed by atoms with Crippen LogP contribution in [0.4, 0.5) is 0 Å². The van der Waals surface area contributed by atoms with Gasteiger partial charge in [-0.05, 0) is 6.42 Å². The van der Waals surface area contributed by atoms with E-state index in [-0.39, 0.29) is 20.3 Å². The summed E-state index contributed by atoms with van der Waals surface area (Å²) in [6.45, 7) is 2.15. The Morgan fingerprint density at radius 1 is 1.27 bits per heavy atom. The number of carboxylic acids is 1. The van der Waals surface area contributed by atoms with Gasteiger partial charge >= 0.3 is 24.8 Å². The number of unbranched alkanes of at least 4 members (excludes halogenated alkanes) is 4. The maximum Gasteiger partial charge on any atom is 1.00 e. The van der Waals surface area contributed by atoms with Gasteiger partial charge in [0.1, 0.15) is 0 Å². The fraction of sp³-hybridized carbons (Fsp3) is 0.875. The molecule has 0 aromatic heterocycles. The van der Waals surface area contributed by atoms with Crippen LogP contribution in [-0.4, -0.2) is 11.1 Å². The second-order valence-corrected chi connectivity index (χ2v) is 2.56. The van der Waals surface area contributed by atoms with E-state index in [1.54, 1.807) is 0 Å². The predicted molar refractivity (Wildman–Crippen MR) is 42.1 cm³/mol. The first kappa shape index (κ1) is 13.6. The molecule has 0 bridgehead atoms. The van der Waals surface area contributed by atoms with Crippen molar-refractivity contribution in [1.82, 2.24) is 0 Å². The molecule has 1 N–H and O–H groups in total. The minimum atomic E-state index is -0.670. The molecule has 0 unspecified atom stereocenters. The minimum absolute atomic E-state index is 0. The molecule has 0 amide bonds. The zero-order chi connectivity index (χ0) is 7.82. The van der Waals surface area contributed by atoms with Gasteiger partial charge in [0.15, 0.2) is 0 Å². The van der Waals surface area contributed by atoms with Gasteiger partial charge in [-0.1, -0.05) is 32.6 Å². The molecule has 0 aromatic carbocycles. The first-order chi connectivity index (χ1) is 4.77. The molecule has 62 valence electrons. The standard InChI is InChI=1S/C8H16O2.Li.H/c1-2-3-4-5-6-7-8(9)10;;/h2-7H2,1H3,(H,9,10);;/q;+1;-1. The van der Waals surface area contributed by atoms with Gasteiger partial charge in [-0.2, -0.15) is 0 Å². The molecule has 11 heavy (non-hydrogen) atoms. The van der Waals surface area contributed by atoms with Crippen molar-refractivity contribution >= 4 is 5.97 Å². The van der Waals surface area contributed by atoms with Crippen molar-refractivity contribution in [2.75, 3.05) is 0 Å². The predicted octanol–water partition coefficient (Wildman–Crippen LogP) is -0.452. The summed E-state index contributed by atoms with van der Waals surface area (Å²) in [6.07, 6.45) is 5.88. The molecule has 0 rings (SSSR count). The fourth-order valence-corrected chi connectivity index (χ4v) is 0.880. The maximum absolute atomic E-state index is 10.0. The Morgan fingerprint density at radius 3 is 2.27 bits per heavy atom. The van der Waals surface area contributed by atoms with Crippen LogP contribution in [0.2, 0.25) is 0 Å². The molecular formula is C8H17LiO2. The fourth-order valence-electron chi connectivity index (χ4n) is 0.880. The van der Waals surface area contributed by atoms with Crippen molar-refractivity contribution in [1.29, 1.82) is 0 Å². The summed E-state index contributed by atoms with van der Waals surface area (Å²) in [6, 6.07) is 0. The van der Waals surface area contributed by atoms with Gasteiger partial charge in [-0.15, -0.1) is 0 Å². The maximum atomic E-state index is 10.0. The number of aliphatic carboxylic acids is 1. The molecule has 2 nitrogen and oxygen atoms in total. The Hall–Kier alpha value is 0.0674. The molecule has 0 saturated carbocycles. The first-order valence-electron chi connectivity index (χ1n) is 3.99. The third-order valence-electron chi connectivity index (χ3n) is 1.49. The Bertz CT molecular complexity index is 99.1. The van der Waals surface area contributed by atoms with Crippen molar-refractivity contribution in [3.8, 4) is 0 Å². The van der Waals surface area contributed by atoms with Crippen molar-refractivity contribution in [3.63, 3.8) is 0 Å². The molecule has 0 fully saturated rings. The van der Waals surface area contributed by atoms with E-state index in [1.165, 1.54) is 19.3 Å². The van der Waals surface area contributed by atoms with Crippen LogP contribution in [0.1, 0.15) is 46.9 Å². The van der Waals surface area contributed by atoms with Gasteiger partial charge in [-0.3, -0.25) is 4.79 Å². The van der Waals surface area contributed by atoms with E-state index in [9.17, 15) is 4.79 Å². The molecule has 0 heterocycles. The molecule has 0 saturated heterocycles. The van der Waals surface area contributed by atoms with Crippen LogP contribution in [0.3, 0.4) is 0 Å². The smallest absolute Gasteiger partial charge is 1.00 e. The van der Waals surface area contributed by atoms with Gasteiger partial charge in [0.25, 0.3) is 0 Å². The van der Waals surface area contributed by atoms with Gasteiger partial charge < -0.3 is 6.53 Å². The second kappa shape index (κ2) is 10.1. The molecule has 0 atom stereocenters. The van der Waals surface area contributed by atoms with Crippen LogP contribution < -0.4 is 18.9 Å². The summed E-state index contributed by atoms with van der Waals surface area (Å²) in [5, 5.41) is 8.27. The number of rotatable bonds is 6. The number of carboxylic acid groups (broad SMARTS) is 1. The van der Waals surface area contributed by atoms with Crippen molar-refractivity contribution in [2.24, 2.45) is 0 Å². The molecular weight excluding hydrogens is 135 g/mol. The van der Waals surface area contributed by atoms with E-state index >= 15 is 0 Å².